The summed E-state index contributed by atoms with van der Waals surface area (Å²) < 4.78 is 18.1. The average molecular weight is 558 g/mol. The number of nitrogens with zero attached hydrogens (tertiary/aromatic N) is 2. The molecule has 0 radical (unpaired) electrons. The Morgan fingerprint density at radius 1 is 1.02 bits per heavy atom. The quantitative estimate of drug-likeness (QED) is 0.515. The first kappa shape index (κ1) is 28.6. The van der Waals surface area contributed by atoms with Crippen LogP contribution in [0, 0.1) is 0 Å². The van der Waals surface area contributed by atoms with E-state index in [0.717, 1.165) is 25.7 Å². The second-order valence-electron chi connectivity index (χ2n) is 11.5. The second kappa shape index (κ2) is 13.2. The van der Waals surface area contributed by atoms with Crippen molar-refractivity contribution in [3.63, 3.8) is 0 Å². The Bertz CT molecular complexity index is 1050. The lowest BCUT2D eigenvalue weighted by atomic mass is 9.96. The molecule has 11 heteroatoms. The summed E-state index contributed by atoms with van der Waals surface area (Å²) in [5, 5.41) is 9.00. The Balaban J connectivity index is 1.38. The van der Waals surface area contributed by atoms with Crippen molar-refractivity contribution in [2.75, 3.05) is 46.0 Å². The van der Waals surface area contributed by atoms with Gasteiger partial charge in [0.15, 0.2) is 0 Å². The Morgan fingerprint density at radius 3 is 2.62 bits per heavy atom. The molecule has 3 N–H and O–H groups in total. The van der Waals surface area contributed by atoms with Gasteiger partial charge in [-0.1, -0.05) is 12.1 Å². The summed E-state index contributed by atoms with van der Waals surface area (Å²) in [6.45, 7) is 7.50. The number of para-hydroxylation sites is 1. The van der Waals surface area contributed by atoms with Crippen LogP contribution in [0.5, 0.6) is 5.75 Å². The van der Waals surface area contributed by atoms with Crippen LogP contribution in [0.4, 0.5) is 4.79 Å². The first-order valence-corrected chi connectivity index (χ1v) is 14.7. The van der Waals surface area contributed by atoms with E-state index >= 15 is 0 Å². The van der Waals surface area contributed by atoms with E-state index in [1.807, 2.05) is 32.0 Å². The number of benzene rings is 1. The molecule has 3 saturated heterocycles. The Hall–Kier alpha value is -2.89. The van der Waals surface area contributed by atoms with E-state index in [-0.39, 0.29) is 42.6 Å². The van der Waals surface area contributed by atoms with E-state index in [2.05, 4.69) is 20.9 Å². The maximum atomic E-state index is 13.9. The molecule has 0 unspecified atom stereocenters. The lowest BCUT2D eigenvalue weighted by Gasteiger charge is -2.45. The predicted molar refractivity (Wildman–Crippen MR) is 148 cm³/mol. The molecule has 4 aliphatic heterocycles. The van der Waals surface area contributed by atoms with Crippen molar-refractivity contribution in [3.05, 3.63) is 29.8 Å². The van der Waals surface area contributed by atoms with E-state index in [4.69, 9.17) is 14.2 Å². The van der Waals surface area contributed by atoms with Gasteiger partial charge in [0.1, 0.15) is 11.8 Å². The molecule has 0 aromatic heterocycles. The van der Waals surface area contributed by atoms with Gasteiger partial charge in [0.2, 0.25) is 5.91 Å². The highest BCUT2D eigenvalue weighted by molar-refractivity contribution is 6.00. The van der Waals surface area contributed by atoms with Crippen molar-refractivity contribution in [3.8, 4) is 5.75 Å². The normalized spacial score (nSPS) is 28.9. The third-order valence-corrected chi connectivity index (χ3v) is 8.33. The Morgan fingerprint density at radius 2 is 1.82 bits per heavy atom. The summed E-state index contributed by atoms with van der Waals surface area (Å²) in [5.41, 5.74) is 0.472. The van der Waals surface area contributed by atoms with Gasteiger partial charge in [0, 0.05) is 57.9 Å². The molecular weight excluding hydrogens is 514 g/mol. The highest BCUT2D eigenvalue weighted by Gasteiger charge is 2.40. The third-order valence-electron chi connectivity index (χ3n) is 8.33. The van der Waals surface area contributed by atoms with Crippen LogP contribution in [-0.2, 0) is 14.3 Å². The maximum absolute atomic E-state index is 13.9. The molecule has 1 aromatic rings. The molecule has 4 atom stereocenters. The van der Waals surface area contributed by atoms with Crippen molar-refractivity contribution in [2.45, 2.75) is 82.3 Å². The zero-order valence-corrected chi connectivity index (χ0v) is 23.6. The number of ether oxygens (including phenoxy) is 3. The number of carbonyl (C=O) groups is 3. The van der Waals surface area contributed by atoms with Crippen LogP contribution in [0.3, 0.4) is 0 Å². The number of amides is 4. The standard InChI is InChI=1S/C29H43N5O6/c1-19(2)31-29(37)32-23-8-7-21-11-16-39-25-6-4-3-5-22(25)28(36)34-13-12-33(20-9-14-38-15-10-20)18-24(34)27(35)30-17-26(23)40-21/h3-6,19-21,23-24,26H,7-18H2,1-2H3,(H,30,35)(H2,31,32,37)/t21-,23+,24-,26+/m0/s1. The molecule has 0 saturated carbocycles. The molecule has 5 rings (SSSR count). The largest absolute Gasteiger partial charge is 0.493 e. The molecule has 11 nitrogen and oxygen atoms in total. The van der Waals surface area contributed by atoms with Crippen molar-refractivity contribution < 1.29 is 28.6 Å². The molecule has 4 aliphatic rings. The highest BCUT2D eigenvalue weighted by atomic mass is 16.5. The molecule has 4 heterocycles. The summed E-state index contributed by atoms with van der Waals surface area (Å²) in [6, 6.07) is 6.46. The molecule has 0 spiro atoms. The number of carbonyl (C=O) groups excluding carboxylic acids is 3. The molecule has 40 heavy (non-hydrogen) atoms. The van der Waals surface area contributed by atoms with Gasteiger partial charge in [-0.05, 0) is 51.7 Å². The minimum absolute atomic E-state index is 0.00877. The number of fused-ring (bicyclic) bond motifs is 4. The minimum Gasteiger partial charge on any atom is -0.493 e. The number of hydrogen-bond donors (Lipinski definition) is 3. The summed E-state index contributed by atoms with van der Waals surface area (Å²) in [5.74, 6) is 0.116. The van der Waals surface area contributed by atoms with Crippen LogP contribution >= 0.6 is 0 Å². The van der Waals surface area contributed by atoms with E-state index in [1.165, 1.54) is 0 Å². The zero-order chi connectivity index (χ0) is 28.1. The van der Waals surface area contributed by atoms with Crippen LogP contribution < -0.4 is 20.7 Å². The van der Waals surface area contributed by atoms with Gasteiger partial charge in [0.25, 0.3) is 5.91 Å². The SMILES string of the molecule is CC(C)NC(=O)N[C@@H]1CC[C@H]2CCOc3ccccc3C(=O)N3CCN(C4CCOCC4)C[C@H]3C(=O)NC[C@H]1O2. The second-order valence-corrected chi connectivity index (χ2v) is 11.5. The van der Waals surface area contributed by atoms with Gasteiger partial charge in [0.05, 0.1) is 30.4 Å². The van der Waals surface area contributed by atoms with Crippen LogP contribution in [0.2, 0.25) is 0 Å². The number of rotatable bonds is 3. The molecule has 220 valence electrons. The zero-order valence-electron chi connectivity index (χ0n) is 23.6. The van der Waals surface area contributed by atoms with Crippen LogP contribution in [0.25, 0.3) is 0 Å². The fourth-order valence-corrected chi connectivity index (χ4v) is 6.20. The summed E-state index contributed by atoms with van der Waals surface area (Å²) in [4.78, 5) is 44.2. The Labute approximate surface area is 236 Å². The summed E-state index contributed by atoms with van der Waals surface area (Å²) >= 11 is 0. The van der Waals surface area contributed by atoms with Gasteiger partial charge < -0.3 is 35.1 Å². The van der Waals surface area contributed by atoms with Gasteiger partial charge >= 0.3 is 6.03 Å². The Kier molecular flexibility index (Phi) is 9.44. The van der Waals surface area contributed by atoms with Gasteiger partial charge in [-0.25, -0.2) is 4.79 Å². The molecule has 2 bridgehead atoms. The van der Waals surface area contributed by atoms with E-state index in [1.54, 1.807) is 11.0 Å². The van der Waals surface area contributed by atoms with Crippen LogP contribution in [-0.4, -0.2) is 110 Å². The summed E-state index contributed by atoms with van der Waals surface area (Å²) in [7, 11) is 0. The molecule has 1 aromatic carbocycles. The predicted octanol–water partition coefficient (Wildman–Crippen LogP) is 1.51. The first-order chi connectivity index (χ1) is 19.4. The van der Waals surface area contributed by atoms with Gasteiger partial charge in [-0.2, -0.15) is 0 Å². The number of hydrogen-bond acceptors (Lipinski definition) is 7. The smallest absolute Gasteiger partial charge is 0.315 e. The third kappa shape index (κ3) is 6.87. The summed E-state index contributed by atoms with van der Waals surface area (Å²) in [6.07, 6.45) is 3.51. The molecule has 3 fully saturated rings. The lowest BCUT2D eigenvalue weighted by Crippen LogP contribution is -2.63. The molecular formula is C29H43N5O6. The van der Waals surface area contributed by atoms with E-state index < -0.39 is 12.1 Å². The lowest BCUT2D eigenvalue weighted by molar-refractivity contribution is -0.130. The van der Waals surface area contributed by atoms with Gasteiger partial charge in [-0.15, -0.1) is 0 Å². The number of piperazine rings is 1. The fraction of sp³-hybridized carbons (Fsp3) is 0.690. The van der Waals surface area contributed by atoms with Crippen molar-refractivity contribution in [1.29, 1.82) is 0 Å². The van der Waals surface area contributed by atoms with Crippen molar-refractivity contribution in [1.82, 2.24) is 25.8 Å². The van der Waals surface area contributed by atoms with E-state index in [0.29, 0.717) is 63.2 Å². The monoisotopic (exact) mass is 557 g/mol. The van der Waals surface area contributed by atoms with Crippen molar-refractivity contribution in [2.24, 2.45) is 0 Å². The average Bonchev–Trinajstić information content (AvgIpc) is 2.96. The molecule has 4 amide bonds. The molecule has 0 aliphatic carbocycles. The topological polar surface area (TPSA) is 121 Å². The first-order valence-electron chi connectivity index (χ1n) is 14.7. The fourth-order valence-electron chi connectivity index (χ4n) is 6.20. The van der Waals surface area contributed by atoms with Gasteiger partial charge in [-0.3, -0.25) is 14.5 Å². The number of nitrogens with one attached hydrogen (secondary N) is 3. The highest BCUT2D eigenvalue weighted by Crippen LogP contribution is 2.27. The van der Waals surface area contributed by atoms with E-state index in [9.17, 15) is 14.4 Å². The number of urea groups is 1. The minimum atomic E-state index is -0.657. The van der Waals surface area contributed by atoms with Crippen LogP contribution in [0.1, 0.15) is 56.3 Å². The maximum Gasteiger partial charge on any atom is 0.315 e. The van der Waals surface area contributed by atoms with Crippen LogP contribution in [0.15, 0.2) is 24.3 Å². The van der Waals surface area contributed by atoms with Crippen molar-refractivity contribution >= 4 is 17.8 Å².